The average molecular weight is 543 g/mol. The van der Waals surface area contributed by atoms with Crippen LogP contribution in [0, 0.1) is 17.0 Å². The van der Waals surface area contributed by atoms with Crippen LogP contribution in [0.2, 0.25) is 0 Å². The summed E-state index contributed by atoms with van der Waals surface area (Å²) in [5.41, 5.74) is 4.22. The fourth-order valence-corrected chi connectivity index (χ4v) is 5.58. The Morgan fingerprint density at radius 2 is 1.85 bits per heavy atom. The van der Waals surface area contributed by atoms with Crippen molar-refractivity contribution in [1.82, 2.24) is 9.88 Å². The molecule has 0 aliphatic carbocycles. The highest BCUT2D eigenvalue weighted by Gasteiger charge is 2.33. The van der Waals surface area contributed by atoms with E-state index in [1.807, 2.05) is 43.5 Å². The number of non-ortho nitro benzene ring substituents is 1. The fourth-order valence-electron chi connectivity index (χ4n) is 4.56. The van der Waals surface area contributed by atoms with Crippen molar-refractivity contribution in [3.8, 4) is 11.5 Å². The minimum absolute atomic E-state index is 0.0205. The van der Waals surface area contributed by atoms with E-state index in [0.29, 0.717) is 40.2 Å². The molecule has 5 rings (SSSR count). The molecule has 1 saturated heterocycles. The Labute approximate surface area is 229 Å². The van der Waals surface area contributed by atoms with Gasteiger partial charge >= 0.3 is 0 Å². The maximum atomic E-state index is 13.7. The predicted octanol–water partition coefficient (Wildman–Crippen LogP) is 6.25. The number of amides is 1. The van der Waals surface area contributed by atoms with Crippen LogP contribution < -0.4 is 9.47 Å². The van der Waals surface area contributed by atoms with E-state index in [2.05, 4.69) is 11.1 Å². The number of aromatic amines is 1. The van der Waals surface area contributed by atoms with Crippen molar-refractivity contribution in [3.05, 3.63) is 98.6 Å². The molecular formula is C29H26N4O5S. The third-order valence-corrected chi connectivity index (χ3v) is 7.56. The molecule has 0 bridgehead atoms. The number of ether oxygens (including phenoxy) is 2. The smallest absolute Gasteiger partial charge is 0.269 e. The number of aliphatic imine (C=N–C) groups is 1. The van der Waals surface area contributed by atoms with E-state index in [1.54, 1.807) is 37.3 Å². The molecule has 1 amide bonds. The number of thioether (sulfide) groups is 1. The zero-order valence-electron chi connectivity index (χ0n) is 21.6. The molecule has 1 aliphatic heterocycles. The minimum atomic E-state index is -0.455. The summed E-state index contributed by atoms with van der Waals surface area (Å²) in [6.45, 7) is 2.31. The van der Waals surface area contributed by atoms with Crippen molar-refractivity contribution in [2.24, 2.45) is 4.99 Å². The van der Waals surface area contributed by atoms with Gasteiger partial charge in [-0.15, -0.1) is 0 Å². The molecule has 0 atom stereocenters. The normalized spacial score (nSPS) is 15.5. The van der Waals surface area contributed by atoms with E-state index in [0.717, 1.165) is 27.6 Å². The number of fused-ring (bicyclic) bond motifs is 1. The van der Waals surface area contributed by atoms with Crippen LogP contribution in [-0.4, -0.2) is 46.6 Å². The molecule has 3 aromatic carbocycles. The molecule has 9 nitrogen and oxygen atoms in total. The second kappa shape index (κ2) is 11.0. The molecule has 1 N–H and O–H groups in total. The first-order valence-electron chi connectivity index (χ1n) is 12.2. The van der Waals surface area contributed by atoms with Crippen molar-refractivity contribution in [1.29, 1.82) is 0 Å². The maximum Gasteiger partial charge on any atom is 0.269 e. The Bertz CT molecular complexity index is 1620. The Kier molecular flexibility index (Phi) is 7.38. The number of hydrogen-bond donors (Lipinski definition) is 1. The molecule has 0 radical (unpaired) electrons. The van der Waals surface area contributed by atoms with Gasteiger partial charge < -0.3 is 14.5 Å². The van der Waals surface area contributed by atoms with Crippen molar-refractivity contribution >= 4 is 51.2 Å². The molecule has 0 spiro atoms. The summed E-state index contributed by atoms with van der Waals surface area (Å²) in [6, 6.07) is 17.7. The van der Waals surface area contributed by atoms with Crippen LogP contribution in [0.1, 0.15) is 16.7 Å². The number of rotatable bonds is 8. The second-order valence-electron chi connectivity index (χ2n) is 8.86. The summed E-state index contributed by atoms with van der Waals surface area (Å²) < 4.78 is 11.0. The van der Waals surface area contributed by atoms with Gasteiger partial charge in [-0.3, -0.25) is 19.8 Å². The predicted molar refractivity (Wildman–Crippen MR) is 154 cm³/mol. The van der Waals surface area contributed by atoms with E-state index in [4.69, 9.17) is 14.5 Å². The number of hydrogen-bond acceptors (Lipinski definition) is 7. The van der Waals surface area contributed by atoms with E-state index in [1.165, 1.54) is 23.9 Å². The van der Waals surface area contributed by atoms with E-state index >= 15 is 0 Å². The third-order valence-electron chi connectivity index (χ3n) is 6.55. The Morgan fingerprint density at radius 1 is 1.08 bits per heavy atom. The topological polar surface area (TPSA) is 110 Å². The zero-order chi connectivity index (χ0) is 27.5. The van der Waals surface area contributed by atoms with Gasteiger partial charge in [0.15, 0.2) is 5.17 Å². The lowest BCUT2D eigenvalue weighted by atomic mass is 10.1. The van der Waals surface area contributed by atoms with Gasteiger partial charge in [0.2, 0.25) is 0 Å². The molecule has 39 heavy (non-hydrogen) atoms. The fraction of sp³-hybridized carbons (Fsp3) is 0.172. The quantitative estimate of drug-likeness (QED) is 0.160. The van der Waals surface area contributed by atoms with Crippen LogP contribution in [0.4, 0.5) is 11.4 Å². The van der Waals surface area contributed by atoms with Crippen molar-refractivity contribution in [2.75, 3.05) is 20.8 Å². The van der Waals surface area contributed by atoms with Crippen LogP contribution in [0.5, 0.6) is 11.5 Å². The first kappa shape index (κ1) is 26.1. The Balaban J connectivity index is 1.50. The van der Waals surface area contributed by atoms with Gasteiger partial charge in [0.1, 0.15) is 11.5 Å². The molecule has 2 heterocycles. The molecule has 0 unspecified atom stereocenters. The number of nitrogens with one attached hydrogen (secondary N) is 1. The number of carbonyl (C=O) groups excluding carboxylic acids is 1. The minimum Gasteiger partial charge on any atom is -0.496 e. The number of aromatic nitrogens is 1. The number of para-hydroxylation sites is 1. The largest absolute Gasteiger partial charge is 0.496 e. The summed E-state index contributed by atoms with van der Waals surface area (Å²) in [5.74, 6) is 1.15. The number of nitrogens with zero attached hydrogens (tertiary/aromatic N) is 3. The number of benzene rings is 3. The molecule has 198 valence electrons. The number of H-pyrrole nitrogens is 1. The number of carbonyl (C=O) groups is 1. The molecule has 4 aromatic rings. The lowest BCUT2D eigenvalue weighted by Gasteiger charge is -2.15. The zero-order valence-corrected chi connectivity index (χ0v) is 22.5. The second-order valence-corrected chi connectivity index (χ2v) is 9.87. The third kappa shape index (κ3) is 5.23. The lowest BCUT2D eigenvalue weighted by molar-refractivity contribution is -0.384. The first-order valence-corrected chi connectivity index (χ1v) is 13.0. The highest BCUT2D eigenvalue weighted by molar-refractivity contribution is 8.18. The van der Waals surface area contributed by atoms with Gasteiger partial charge in [0.25, 0.3) is 11.6 Å². The molecule has 1 fully saturated rings. The van der Waals surface area contributed by atoms with Gasteiger partial charge in [-0.05, 0) is 67.1 Å². The average Bonchev–Trinajstić information content (AvgIpc) is 3.48. The van der Waals surface area contributed by atoms with Gasteiger partial charge in [-0.2, -0.15) is 0 Å². The highest BCUT2D eigenvalue weighted by Crippen LogP contribution is 2.38. The van der Waals surface area contributed by atoms with Crippen LogP contribution in [0.3, 0.4) is 0 Å². The van der Waals surface area contributed by atoms with Gasteiger partial charge in [-0.25, -0.2) is 4.99 Å². The van der Waals surface area contributed by atoms with Crippen LogP contribution in [0.25, 0.3) is 17.0 Å². The first-order chi connectivity index (χ1) is 18.9. The monoisotopic (exact) mass is 542 g/mol. The van der Waals surface area contributed by atoms with E-state index < -0.39 is 4.92 Å². The number of nitro groups is 1. The molecule has 0 saturated carbocycles. The van der Waals surface area contributed by atoms with Crippen LogP contribution >= 0.6 is 11.8 Å². The standard InChI is InChI=1S/C29H26N4O5S/c1-18-25(37-2)13-8-19(27(18)38-3)16-26-28(34)32(15-14-20-17-30-24-7-5-4-6-23(20)24)29(39-26)31-21-9-11-22(12-10-21)33(35)36/h4-13,16-17,30H,14-15H2,1-3H3/b26-16-,31-29?. The van der Waals surface area contributed by atoms with Gasteiger partial charge in [0.05, 0.1) is 29.7 Å². The van der Waals surface area contributed by atoms with Gasteiger partial charge in [0, 0.05) is 46.9 Å². The summed E-state index contributed by atoms with van der Waals surface area (Å²) in [6.07, 6.45) is 4.39. The molecule has 1 aromatic heterocycles. The van der Waals surface area contributed by atoms with Gasteiger partial charge in [-0.1, -0.05) is 18.2 Å². The van der Waals surface area contributed by atoms with E-state index in [-0.39, 0.29) is 11.6 Å². The molecular weight excluding hydrogens is 516 g/mol. The van der Waals surface area contributed by atoms with Crippen molar-refractivity contribution in [3.63, 3.8) is 0 Å². The van der Waals surface area contributed by atoms with Crippen LogP contribution in [0.15, 0.2) is 76.8 Å². The summed E-state index contributed by atoms with van der Waals surface area (Å²) in [7, 11) is 3.19. The number of amidine groups is 1. The summed E-state index contributed by atoms with van der Waals surface area (Å²) in [4.78, 5) is 34.4. The molecule has 10 heteroatoms. The number of methoxy groups -OCH3 is 2. The summed E-state index contributed by atoms with van der Waals surface area (Å²) in [5, 5.41) is 12.7. The highest BCUT2D eigenvalue weighted by atomic mass is 32.2. The lowest BCUT2D eigenvalue weighted by Crippen LogP contribution is -2.31. The molecule has 1 aliphatic rings. The Hall–Kier alpha value is -4.57. The maximum absolute atomic E-state index is 13.7. The summed E-state index contributed by atoms with van der Waals surface area (Å²) >= 11 is 1.26. The van der Waals surface area contributed by atoms with Crippen LogP contribution in [-0.2, 0) is 11.2 Å². The van der Waals surface area contributed by atoms with E-state index in [9.17, 15) is 14.9 Å². The van der Waals surface area contributed by atoms with Crippen molar-refractivity contribution < 1.29 is 19.2 Å². The Morgan fingerprint density at radius 3 is 2.56 bits per heavy atom. The number of nitro benzene ring substituents is 1. The van der Waals surface area contributed by atoms with Crippen molar-refractivity contribution in [2.45, 2.75) is 13.3 Å². The SMILES string of the molecule is COc1ccc(/C=C2\SC(=Nc3ccc([N+](=O)[O-])cc3)N(CCc3c[nH]c4ccccc34)C2=O)c(OC)c1C.